The summed E-state index contributed by atoms with van der Waals surface area (Å²) in [5.41, 5.74) is 1.98. The Labute approximate surface area is 126 Å². The molecule has 1 aliphatic heterocycles. The Kier molecular flexibility index (Phi) is 4.12. The van der Waals surface area contributed by atoms with E-state index in [0.717, 1.165) is 18.7 Å². The van der Waals surface area contributed by atoms with E-state index in [2.05, 4.69) is 26.7 Å². The molecule has 0 saturated heterocycles. The predicted molar refractivity (Wildman–Crippen MR) is 80.2 cm³/mol. The summed E-state index contributed by atoms with van der Waals surface area (Å²) in [5.74, 6) is 0.498. The van der Waals surface area contributed by atoms with Gasteiger partial charge in [-0.1, -0.05) is 0 Å². The Bertz CT molecular complexity index is 643. The third-order valence-electron chi connectivity index (χ3n) is 3.35. The van der Waals surface area contributed by atoms with E-state index in [0.29, 0.717) is 19.0 Å². The number of amides is 2. The number of anilines is 1. The van der Waals surface area contributed by atoms with Gasteiger partial charge in [-0.25, -0.2) is 14.8 Å². The van der Waals surface area contributed by atoms with Crippen LogP contribution in [0.2, 0.25) is 0 Å². The van der Waals surface area contributed by atoms with Crippen LogP contribution < -0.4 is 5.32 Å². The lowest BCUT2D eigenvalue weighted by atomic mass is 10.1. The van der Waals surface area contributed by atoms with Gasteiger partial charge in [0.15, 0.2) is 0 Å². The highest BCUT2D eigenvalue weighted by Crippen LogP contribution is 2.24. The van der Waals surface area contributed by atoms with Crippen molar-refractivity contribution in [2.24, 2.45) is 0 Å². The lowest BCUT2D eigenvalue weighted by molar-refractivity contribution is 0.181. The van der Waals surface area contributed by atoms with Gasteiger partial charge in [0.1, 0.15) is 12.1 Å². The first-order chi connectivity index (χ1) is 10.3. The number of nitrogens with zero attached hydrogens (tertiary/aromatic N) is 3. The first-order valence-electron chi connectivity index (χ1n) is 6.67. The van der Waals surface area contributed by atoms with E-state index >= 15 is 0 Å². The van der Waals surface area contributed by atoms with Crippen LogP contribution in [-0.4, -0.2) is 34.6 Å². The first kappa shape index (κ1) is 14.0. The van der Waals surface area contributed by atoms with Crippen LogP contribution in [-0.2, 0) is 24.3 Å². The fourth-order valence-corrected chi connectivity index (χ4v) is 3.19. The van der Waals surface area contributed by atoms with Crippen LogP contribution in [0, 0.1) is 0 Å². The van der Waals surface area contributed by atoms with Crippen molar-refractivity contribution in [3.05, 3.63) is 40.0 Å². The Morgan fingerprint density at radius 1 is 1.52 bits per heavy atom. The third-order valence-corrected chi connectivity index (χ3v) is 4.37. The monoisotopic (exact) mass is 304 g/mol. The molecule has 0 atom stereocenters. The number of ether oxygens (including phenoxy) is 1. The zero-order valence-electron chi connectivity index (χ0n) is 11.7. The van der Waals surface area contributed by atoms with Gasteiger partial charge >= 0.3 is 6.03 Å². The highest BCUT2D eigenvalue weighted by molar-refractivity contribution is 7.10. The summed E-state index contributed by atoms with van der Waals surface area (Å²) in [4.78, 5) is 23.6. The maximum Gasteiger partial charge on any atom is 0.323 e. The number of rotatable bonds is 3. The molecular weight excluding hydrogens is 288 g/mol. The van der Waals surface area contributed by atoms with Crippen LogP contribution in [0.15, 0.2) is 23.8 Å². The van der Waals surface area contributed by atoms with Crippen molar-refractivity contribution >= 4 is 23.2 Å². The molecule has 2 aromatic heterocycles. The predicted octanol–water partition coefficient (Wildman–Crippen LogP) is 2.27. The van der Waals surface area contributed by atoms with Gasteiger partial charge in [-0.3, -0.25) is 5.32 Å². The first-order valence-corrected chi connectivity index (χ1v) is 7.55. The molecule has 7 heteroatoms. The van der Waals surface area contributed by atoms with E-state index in [-0.39, 0.29) is 6.03 Å². The van der Waals surface area contributed by atoms with Gasteiger partial charge in [0.05, 0.1) is 12.3 Å². The second-order valence-electron chi connectivity index (χ2n) is 4.80. The molecule has 1 N–H and O–H groups in total. The summed E-state index contributed by atoms with van der Waals surface area (Å²) < 4.78 is 5.02. The van der Waals surface area contributed by atoms with Crippen LogP contribution in [0.3, 0.4) is 0 Å². The minimum atomic E-state index is -0.131. The SMILES string of the molecule is COCc1cc(NC(=O)N2CCc3sccc3C2)ncn1. The lowest BCUT2D eigenvalue weighted by Crippen LogP contribution is -2.38. The van der Waals surface area contributed by atoms with Gasteiger partial charge in [-0.15, -0.1) is 11.3 Å². The number of carbonyl (C=O) groups excluding carboxylic acids is 1. The number of aromatic nitrogens is 2. The molecule has 2 aromatic rings. The Balaban J connectivity index is 1.65. The summed E-state index contributed by atoms with van der Waals surface area (Å²) >= 11 is 1.76. The highest BCUT2D eigenvalue weighted by Gasteiger charge is 2.21. The molecular formula is C14H16N4O2S. The summed E-state index contributed by atoms with van der Waals surface area (Å²) in [6.45, 7) is 1.78. The van der Waals surface area contributed by atoms with Crippen molar-refractivity contribution in [2.75, 3.05) is 19.0 Å². The van der Waals surface area contributed by atoms with E-state index in [1.807, 2.05) is 0 Å². The largest absolute Gasteiger partial charge is 0.378 e. The molecule has 0 saturated carbocycles. The fraction of sp³-hybridized carbons (Fsp3) is 0.357. The zero-order valence-corrected chi connectivity index (χ0v) is 12.5. The summed E-state index contributed by atoms with van der Waals surface area (Å²) in [6.07, 6.45) is 2.34. The standard InChI is InChI=1S/C14H16N4O2S/c1-20-8-11-6-13(16-9-15-11)17-14(19)18-4-2-12-10(7-18)3-5-21-12/h3,5-6,9H,2,4,7-8H2,1H3,(H,15,16,17,19). The quantitative estimate of drug-likeness (QED) is 0.944. The molecule has 3 rings (SSSR count). The summed E-state index contributed by atoms with van der Waals surface area (Å²) in [6, 6.07) is 3.68. The molecule has 6 nitrogen and oxygen atoms in total. The molecule has 0 unspecified atom stereocenters. The third kappa shape index (κ3) is 3.20. The van der Waals surface area contributed by atoms with E-state index in [1.165, 1.54) is 16.8 Å². The van der Waals surface area contributed by atoms with E-state index in [4.69, 9.17) is 4.74 Å². The van der Waals surface area contributed by atoms with Gasteiger partial charge in [0, 0.05) is 31.1 Å². The number of hydrogen-bond donors (Lipinski definition) is 1. The Morgan fingerprint density at radius 3 is 3.29 bits per heavy atom. The molecule has 0 aliphatic carbocycles. The van der Waals surface area contributed by atoms with E-state index in [1.54, 1.807) is 29.4 Å². The van der Waals surface area contributed by atoms with Gasteiger partial charge in [0.25, 0.3) is 0 Å². The fourth-order valence-electron chi connectivity index (χ4n) is 2.30. The van der Waals surface area contributed by atoms with Crippen molar-refractivity contribution in [2.45, 2.75) is 19.6 Å². The molecule has 21 heavy (non-hydrogen) atoms. The number of hydrogen-bond acceptors (Lipinski definition) is 5. The average molecular weight is 304 g/mol. The Hall–Kier alpha value is -1.99. The van der Waals surface area contributed by atoms with Crippen LogP contribution in [0.25, 0.3) is 0 Å². The smallest absolute Gasteiger partial charge is 0.323 e. The van der Waals surface area contributed by atoms with E-state index < -0.39 is 0 Å². The number of urea groups is 1. The van der Waals surface area contributed by atoms with E-state index in [9.17, 15) is 4.79 Å². The van der Waals surface area contributed by atoms with Crippen molar-refractivity contribution in [1.29, 1.82) is 0 Å². The number of carbonyl (C=O) groups is 1. The van der Waals surface area contributed by atoms with Crippen molar-refractivity contribution in [1.82, 2.24) is 14.9 Å². The maximum atomic E-state index is 12.3. The van der Waals surface area contributed by atoms with Gasteiger partial charge < -0.3 is 9.64 Å². The Morgan fingerprint density at radius 2 is 2.43 bits per heavy atom. The lowest BCUT2D eigenvalue weighted by Gasteiger charge is -2.26. The minimum absolute atomic E-state index is 0.131. The zero-order chi connectivity index (χ0) is 14.7. The van der Waals surface area contributed by atoms with Gasteiger partial charge in [-0.2, -0.15) is 0 Å². The molecule has 0 spiro atoms. The average Bonchev–Trinajstić information content (AvgIpc) is 2.95. The van der Waals surface area contributed by atoms with Crippen LogP contribution in [0.4, 0.5) is 10.6 Å². The number of thiophene rings is 1. The molecule has 2 amide bonds. The van der Waals surface area contributed by atoms with Crippen molar-refractivity contribution in [3.8, 4) is 0 Å². The summed E-state index contributed by atoms with van der Waals surface area (Å²) in [5, 5.41) is 4.89. The molecule has 0 fully saturated rings. The topological polar surface area (TPSA) is 67.3 Å². The molecule has 1 aliphatic rings. The second-order valence-corrected chi connectivity index (χ2v) is 5.80. The van der Waals surface area contributed by atoms with Crippen LogP contribution in [0.1, 0.15) is 16.1 Å². The highest BCUT2D eigenvalue weighted by atomic mass is 32.1. The number of fused-ring (bicyclic) bond motifs is 1. The van der Waals surface area contributed by atoms with Crippen LogP contribution in [0.5, 0.6) is 0 Å². The van der Waals surface area contributed by atoms with Crippen molar-refractivity contribution in [3.63, 3.8) is 0 Å². The normalized spacial score (nSPS) is 13.9. The molecule has 110 valence electrons. The minimum Gasteiger partial charge on any atom is -0.378 e. The molecule has 3 heterocycles. The van der Waals surface area contributed by atoms with Crippen molar-refractivity contribution < 1.29 is 9.53 Å². The number of methoxy groups -OCH3 is 1. The van der Waals surface area contributed by atoms with Crippen LogP contribution >= 0.6 is 11.3 Å². The molecule has 0 bridgehead atoms. The molecule has 0 aromatic carbocycles. The summed E-state index contributed by atoms with van der Waals surface area (Å²) in [7, 11) is 1.60. The molecule has 0 radical (unpaired) electrons. The maximum absolute atomic E-state index is 12.3. The van der Waals surface area contributed by atoms with Gasteiger partial charge in [-0.05, 0) is 23.4 Å². The number of nitrogens with one attached hydrogen (secondary N) is 1. The van der Waals surface area contributed by atoms with Gasteiger partial charge in [0.2, 0.25) is 0 Å². The second kappa shape index (κ2) is 6.19.